The summed E-state index contributed by atoms with van der Waals surface area (Å²) in [6.07, 6.45) is 2.02. The van der Waals surface area contributed by atoms with E-state index in [4.69, 9.17) is 11.6 Å². The van der Waals surface area contributed by atoms with Gasteiger partial charge < -0.3 is 4.90 Å². The largest absolute Gasteiger partial charge is 0.338 e. The van der Waals surface area contributed by atoms with E-state index in [0.29, 0.717) is 10.8 Å². The van der Waals surface area contributed by atoms with Gasteiger partial charge in [-0.1, -0.05) is 24.9 Å². The maximum absolute atomic E-state index is 12.0. The summed E-state index contributed by atoms with van der Waals surface area (Å²) >= 11 is 5.61. The summed E-state index contributed by atoms with van der Waals surface area (Å²) in [7, 11) is 1.78. The average molecular weight is 242 g/mol. The molecule has 1 aromatic heterocycles. The fourth-order valence-electron chi connectivity index (χ4n) is 1.42. The van der Waals surface area contributed by atoms with Crippen LogP contribution in [0, 0.1) is 0 Å². The number of hydrogen-bond donors (Lipinski definition) is 0. The number of carbonyl (C=O) groups excluding carboxylic acids is 1. The third-order valence-electron chi connectivity index (χ3n) is 2.54. The molecule has 0 N–H and O–H groups in total. The Balaban J connectivity index is 2.73. The first kappa shape index (κ1) is 12.9. The van der Waals surface area contributed by atoms with Crippen molar-refractivity contribution in [2.45, 2.75) is 32.7 Å². The van der Waals surface area contributed by atoms with Crippen molar-refractivity contribution in [2.75, 3.05) is 7.05 Å². The van der Waals surface area contributed by atoms with Crippen LogP contribution in [-0.4, -0.2) is 34.1 Å². The lowest BCUT2D eigenvalue weighted by Gasteiger charge is -2.23. The predicted molar refractivity (Wildman–Crippen MR) is 63.5 cm³/mol. The monoisotopic (exact) mass is 241 g/mol. The number of hydrogen-bond acceptors (Lipinski definition) is 3. The van der Waals surface area contributed by atoms with Crippen molar-refractivity contribution in [3.8, 4) is 0 Å². The maximum Gasteiger partial charge on any atom is 0.274 e. The van der Waals surface area contributed by atoms with Crippen LogP contribution < -0.4 is 0 Å². The van der Waals surface area contributed by atoms with Gasteiger partial charge in [-0.2, -0.15) is 0 Å². The molecule has 0 bridgehead atoms. The molecule has 1 heterocycles. The zero-order valence-electron chi connectivity index (χ0n) is 9.77. The third-order valence-corrected chi connectivity index (χ3v) is 2.74. The fourth-order valence-corrected chi connectivity index (χ4v) is 1.52. The Labute approximate surface area is 101 Å². The molecule has 0 aromatic carbocycles. The highest BCUT2D eigenvalue weighted by atomic mass is 35.5. The highest BCUT2D eigenvalue weighted by Crippen LogP contribution is 2.09. The first-order valence-corrected chi connectivity index (χ1v) is 5.70. The standard InChI is InChI=1S/C11H16ClN3O/c1-4-5-8(2)15(3)11(16)9-6-7-10(12)14-13-9/h6-8H,4-5H2,1-3H3. The van der Waals surface area contributed by atoms with Crippen molar-refractivity contribution in [3.63, 3.8) is 0 Å². The summed E-state index contributed by atoms with van der Waals surface area (Å²) in [5.41, 5.74) is 0.329. The van der Waals surface area contributed by atoms with Crippen LogP contribution in [0.5, 0.6) is 0 Å². The second kappa shape index (κ2) is 5.80. The van der Waals surface area contributed by atoms with Crippen LogP contribution >= 0.6 is 11.6 Å². The van der Waals surface area contributed by atoms with Crippen molar-refractivity contribution in [3.05, 3.63) is 23.0 Å². The number of carbonyl (C=O) groups is 1. The summed E-state index contributed by atoms with van der Waals surface area (Å²) in [6, 6.07) is 3.36. The van der Waals surface area contributed by atoms with E-state index in [2.05, 4.69) is 17.1 Å². The van der Waals surface area contributed by atoms with Gasteiger partial charge in [0, 0.05) is 13.1 Å². The van der Waals surface area contributed by atoms with Gasteiger partial charge in [0.25, 0.3) is 5.91 Å². The Morgan fingerprint density at radius 3 is 2.69 bits per heavy atom. The van der Waals surface area contributed by atoms with E-state index >= 15 is 0 Å². The van der Waals surface area contributed by atoms with Gasteiger partial charge in [-0.05, 0) is 25.5 Å². The summed E-state index contributed by atoms with van der Waals surface area (Å²) in [5.74, 6) is -0.120. The number of halogens is 1. The number of nitrogens with zero attached hydrogens (tertiary/aromatic N) is 3. The quantitative estimate of drug-likeness (QED) is 0.813. The van der Waals surface area contributed by atoms with Gasteiger partial charge in [-0.3, -0.25) is 4.79 Å². The predicted octanol–water partition coefficient (Wildman–Crippen LogP) is 2.39. The zero-order chi connectivity index (χ0) is 12.1. The molecule has 1 amide bonds. The molecule has 1 unspecified atom stereocenters. The molecule has 16 heavy (non-hydrogen) atoms. The van der Waals surface area contributed by atoms with E-state index in [0.717, 1.165) is 12.8 Å². The molecule has 0 radical (unpaired) electrons. The lowest BCUT2D eigenvalue weighted by molar-refractivity contribution is 0.0729. The molecule has 1 atom stereocenters. The van der Waals surface area contributed by atoms with E-state index in [1.54, 1.807) is 24.1 Å². The number of rotatable bonds is 4. The molecule has 0 saturated carbocycles. The Kier molecular flexibility index (Phi) is 4.68. The Morgan fingerprint density at radius 1 is 1.50 bits per heavy atom. The Hall–Kier alpha value is -1.16. The molecule has 1 aromatic rings. The molecule has 0 aliphatic rings. The lowest BCUT2D eigenvalue weighted by atomic mass is 10.1. The van der Waals surface area contributed by atoms with Crippen LogP contribution in [0.25, 0.3) is 0 Å². The van der Waals surface area contributed by atoms with Crippen molar-refractivity contribution >= 4 is 17.5 Å². The fraction of sp³-hybridized carbons (Fsp3) is 0.545. The molecule has 0 aliphatic heterocycles. The van der Waals surface area contributed by atoms with E-state index in [-0.39, 0.29) is 11.9 Å². The van der Waals surface area contributed by atoms with Crippen LogP contribution in [0.4, 0.5) is 0 Å². The zero-order valence-corrected chi connectivity index (χ0v) is 10.5. The van der Waals surface area contributed by atoms with Crippen LogP contribution in [0.2, 0.25) is 5.15 Å². The van der Waals surface area contributed by atoms with E-state index in [1.165, 1.54) is 0 Å². The third kappa shape index (κ3) is 3.17. The Morgan fingerprint density at radius 2 is 2.19 bits per heavy atom. The minimum absolute atomic E-state index is 0.120. The summed E-state index contributed by atoms with van der Waals surface area (Å²) in [6.45, 7) is 4.11. The molecule has 0 saturated heterocycles. The second-order valence-corrected chi connectivity index (χ2v) is 4.18. The van der Waals surface area contributed by atoms with Crippen molar-refractivity contribution in [1.29, 1.82) is 0 Å². The second-order valence-electron chi connectivity index (χ2n) is 3.80. The minimum atomic E-state index is -0.120. The number of aromatic nitrogens is 2. The molecular weight excluding hydrogens is 226 g/mol. The lowest BCUT2D eigenvalue weighted by Crippen LogP contribution is -2.35. The van der Waals surface area contributed by atoms with Crippen LogP contribution in [-0.2, 0) is 0 Å². The highest BCUT2D eigenvalue weighted by molar-refractivity contribution is 6.29. The van der Waals surface area contributed by atoms with Crippen molar-refractivity contribution in [1.82, 2.24) is 15.1 Å². The van der Waals surface area contributed by atoms with Gasteiger partial charge in [-0.15, -0.1) is 10.2 Å². The van der Waals surface area contributed by atoms with Crippen LogP contribution in [0.15, 0.2) is 12.1 Å². The molecule has 4 nitrogen and oxygen atoms in total. The van der Waals surface area contributed by atoms with Gasteiger partial charge in [-0.25, -0.2) is 0 Å². The molecule has 0 aliphatic carbocycles. The van der Waals surface area contributed by atoms with Gasteiger partial charge in [0.1, 0.15) is 0 Å². The normalized spacial score (nSPS) is 12.2. The van der Waals surface area contributed by atoms with Gasteiger partial charge >= 0.3 is 0 Å². The molecule has 5 heteroatoms. The SMILES string of the molecule is CCCC(C)N(C)C(=O)c1ccc(Cl)nn1. The number of amides is 1. The van der Waals surface area contributed by atoms with Gasteiger partial charge in [0.05, 0.1) is 0 Å². The maximum atomic E-state index is 12.0. The minimum Gasteiger partial charge on any atom is -0.338 e. The highest BCUT2D eigenvalue weighted by Gasteiger charge is 2.18. The first-order valence-electron chi connectivity index (χ1n) is 5.32. The molecule has 88 valence electrons. The van der Waals surface area contributed by atoms with Crippen LogP contribution in [0.1, 0.15) is 37.2 Å². The summed E-state index contributed by atoms with van der Waals surface area (Å²) in [4.78, 5) is 13.6. The van der Waals surface area contributed by atoms with E-state index in [1.807, 2.05) is 6.92 Å². The van der Waals surface area contributed by atoms with Crippen molar-refractivity contribution in [2.24, 2.45) is 0 Å². The molecular formula is C11H16ClN3O. The molecule has 0 spiro atoms. The van der Waals surface area contributed by atoms with Gasteiger partial charge in [0.2, 0.25) is 0 Å². The van der Waals surface area contributed by atoms with E-state index in [9.17, 15) is 4.79 Å². The summed E-state index contributed by atoms with van der Waals surface area (Å²) < 4.78 is 0. The molecule has 0 fully saturated rings. The van der Waals surface area contributed by atoms with Crippen molar-refractivity contribution < 1.29 is 4.79 Å². The summed E-state index contributed by atoms with van der Waals surface area (Å²) in [5, 5.41) is 7.72. The Bertz CT molecular complexity index is 353. The first-order chi connectivity index (χ1) is 7.56. The smallest absolute Gasteiger partial charge is 0.274 e. The van der Waals surface area contributed by atoms with Gasteiger partial charge in [0.15, 0.2) is 10.8 Å². The average Bonchev–Trinajstić information content (AvgIpc) is 2.28. The topological polar surface area (TPSA) is 46.1 Å². The van der Waals surface area contributed by atoms with Crippen LogP contribution in [0.3, 0.4) is 0 Å². The van der Waals surface area contributed by atoms with E-state index < -0.39 is 0 Å². The molecule has 1 rings (SSSR count).